The molecule has 2 aliphatic carbocycles. The minimum absolute atomic E-state index is 0.141. The van der Waals surface area contributed by atoms with Crippen LogP contribution < -0.4 is 0 Å². The highest BCUT2D eigenvalue weighted by Crippen LogP contribution is 2.38. The minimum atomic E-state index is -0.141. The van der Waals surface area contributed by atoms with E-state index in [1.165, 1.54) is 38.5 Å². The largest absolute Gasteiger partial charge is 0.297 e. The predicted octanol–water partition coefficient (Wildman–Crippen LogP) is 4.04. The van der Waals surface area contributed by atoms with Crippen LogP contribution in [-0.2, 0) is 4.79 Å². The fourth-order valence-electron chi connectivity index (χ4n) is 4.28. The summed E-state index contributed by atoms with van der Waals surface area (Å²) >= 11 is 0. The smallest absolute Gasteiger partial charge is 0.156 e. The zero-order valence-corrected chi connectivity index (χ0v) is 13.1. The predicted molar refractivity (Wildman–Crippen MR) is 80.2 cm³/mol. The van der Waals surface area contributed by atoms with Crippen LogP contribution in [0.25, 0.3) is 0 Å². The summed E-state index contributed by atoms with van der Waals surface area (Å²) in [7, 11) is 4.24. The Labute approximate surface area is 118 Å². The average molecular weight is 265 g/mol. The lowest BCUT2D eigenvalue weighted by molar-refractivity contribution is -0.136. The molecule has 0 heterocycles. The second-order valence-corrected chi connectivity index (χ2v) is 7.17. The lowest BCUT2D eigenvalue weighted by Gasteiger charge is -2.42. The van der Waals surface area contributed by atoms with E-state index in [1.54, 1.807) is 0 Å². The molecule has 0 saturated heterocycles. The molecule has 0 radical (unpaired) electrons. The molecular formula is C17H31NO. The van der Waals surface area contributed by atoms with Crippen LogP contribution in [0.1, 0.15) is 71.1 Å². The van der Waals surface area contributed by atoms with E-state index < -0.39 is 0 Å². The maximum atomic E-state index is 13.2. The van der Waals surface area contributed by atoms with Gasteiger partial charge >= 0.3 is 0 Å². The minimum Gasteiger partial charge on any atom is -0.297 e. The van der Waals surface area contributed by atoms with Crippen molar-refractivity contribution in [2.75, 3.05) is 14.1 Å². The molecule has 2 unspecified atom stereocenters. The van der Waals surface area contributed by atoms with E-state index >= 15 is 0 Å². The van der Waals surface area contributed by atoms with Gasteiger partial charge in [0, 0.05) is 5.92 Å². The Morgan fingerprint density at radius 1 is 1.00 bits per heavy atom. The van der Waals surface area contributed by atoms with Gasteiger partial charge in [-0.05, 0) is 45.7 Å². The van der Waals surface area contributed by atoms with Gasteiger partial charge in [0.2, 0.25) is 0 Å². The molecule has 2 rings (SSSR count). The topological polar surface area (TPSA) is 20.3 Å². The fraction of sp³-hybridized carbons (Fsp3) is 0.941. The summed E-state index contributed by atoms with van der Waals surface area (Å²) in [6.07, 6.45) is 12.1. The zero-order chi connectivity index (χ0) is 13.9. The molecule has 0 aliphatic heterocycles. The molecule has 0 bridgehead atoms. The van der Waals surface area contributed by atoms with Crippen LogP contribution in [0.15, 0.2) is 0 Å². The number of hydrogen-bond acceptors (Lipinski definition) is 2. The van der Waals surface area contributed by atoms with E-state index in [1.807, 2.05) is 0 Å². The summed E-state index contributed by atoms with van der Waals surface area (Å²) in [5, 5.41) is 0. The molecule has 2 atom stereocenters. The standard InChI is InChI=1S/C17H31NO/c1-14-9-8-10-15(13-14)16(19)17(18(2)3)11-6-4-5-7-12-17/h14-15H,4-13H2,1-3H3. The molecule has 2 nitrogen and oxygen atoms in total. The second kappa shape index (κ2) is 6.39. The van der Waals surface area contributed by atoms with E-state index in [0.717, 1.165) is 31.6 Å². The van der Waals surface area contributed by atoms with Crippen molar-refractivity contribution in [2.24, 2.45) is 11.8 Å². The van der Waals surface area contributed by atoms with E-state index in [9.17, 15) is 4.79 Å². The van der Waals surface area contributed by atoms with Crippen LogP contribution >= 0.6 is 0 Å². The molecule has 0 N–H and O–H groups in total. The molecular weight excluding hydrogens is 234 g/mol. The summed E-state index contributed by atoms with van der Waals surface area (Å²) in [5.74, 6) is 1.66. The number of ketones is 1. The normalized spacial score (nSPS) is 32.0. The van der Waals surface area contributed by atoms with Crippen LogP contribution in [0, 0.1) is 11.8 Å². The second-order valence-electron chi connectivity index (χ2n) is 7.17. The Hall–Kier alpha value is -0.370. The first-order valence-corrected chi connectivity index (χ1v) is 8.28. The van der Waals surface area contributed by atoms with Crippen molar-refractivity contribution in [1.29, 1.82) is 0 Å². The SMILES string of the molecule is CC1CCCC(C(=O)C2(N(C)C)CCCCCC2)C1. The van der Waals surface area contributed by atoms with E-state index in [0.29, 0.717) is 11.7 Å². The Morgan fingerprint density at radius 2 is 1.63 bits per heavy atom. The van der Waals surface area contributed by atoms with Crippen molar-refractivity contribution >= 4 is 5.78 Å². The van der Waals surface area contributed by atoms with Gasteiger partial charge in [0.05, 0.1) is 5.54 Å². The van der Waals surface area contributed by atoms with E-state index in [4.69, 9.17) is 0 Å². The van der Waals surface area contributed by atoms with E-state index in [2.05, 4.69) is 25.9 Å². The highest BCUT2D eigenvalue weighted by Gasteiger charge is 2.44. The first kappa shape index (κ1) is 15.0. The van der Waals surface area contributed by atoms with Crippen LogP contribution in [0.3, 0.4) is 0 Å². The molecule has 0 aromatic rings. The van der Waals surface area contributed by atoms with Gasteiger partial charge in [-0.15, -0.1) is 0 Å². The van der Waals surface area contributed by atoms with Crippen LogP contribution in [-0.4, -0.2) is 30.3 Å². The quantitative estimate of drug-likeness (QED) is 0.718. The van der Waals surface area contributed by atoms with Gasteiger partial charge in [-0.2, -0.15) is 0 Å². The molecule has 2 aliphatic rings. The van der Waals surface area contributed by atoms with Gasteiger partial charge in [-0.1, -0.05) is 45.4 Å². The summed E-state index contributed by atoms with van der Waals surface area (Å²) in [6, 6.07) is 0. The third kappa shape index (κ3) is 3.21. The Kier molecular flexibility index (Phi) is 5.05. The maximum absolute atomic E-state index is 13.2. The third-order valence-electron chi connectivity index (χ3n) is 5.55. The van der Waals surface area contributed by atoms with Gasteiger partial charge in [-0.3, -0.25) is 9.69 Å². The first-order chi connectivity index (χ1) is 9.06. The number of carbonyl (C=O) groups excluding carboxylic acids is 1. The molecule has 0 aromatic carbocycles. The summed E-state index contributed by atoms with van der Waals surface area (Å²) < 4.78 is 0. The molecule has 0 amide bonds. The fourth-order valence-corrected chi connectivity index (χ4v) is 4.28. The lowest BCUT2D eigenvalue weighted by atomic mass is 9.72. The molecule has 2 saturated carbocycles. The van der Waals surface area contributed by atoms with Crippen molar-refractivity contribution < 1.29 is 4.79 Å². The first-order valence-electron chi connectivity index (χ1n) is 8.28. The van der Waals surface area contributed by atoms with Crippen molar-refractivity contribution in [1.82, 2.24) is 4.90 Å². The Morgan fingerprint density at radius 3 is 2.16 bits per heavy atom. The number of likely N-dealkylation sites (N-methyl/N-ethyl adjacent to an activating group) is 1. The number of rotatable bonds is 3. The van der Waals surface area contributed by atoms with Crippen LogP contribution in [0.4, 0.5) is 0 Å². The van der Waals surface area contributed by atoms with Gasteiger partial charge in [0.25, 0.3) is 0 Å². The number of carbonyl (C=O) groups is 1. The molecule has 2 fully saturated rings. The van der Waals surface area contributed by atoms with Crippen LogP contribution in [0.5, 0.6) is 0 Å². The van der Waals surface area contributed by atoms with Crippen LogP contribution in [0.2, 0.25) is 0 Å². The Bertz CT molecular complexity index is 302. The summed E-state index contributed by atoms with van der Waals surface area (Å²) in [5.41, 5.74) is -0.141. The maximum Gasteiger partial charge on any atom is 0.156 e. The molecule has 0 spiro atoms. The summed E-state index contributed by atoms with van der Waals surface area (Å²) in [6.45, 7) is 2.31. The van der Waals surface area contributed by atoms with Gasteiger partial charge < -0.3 is 0 Å². The monoisotopic (exact) mass is 265 g/mol. The molecule has 0 aromatic heterocycles. The van der Waals surface area contributed by atoms with Gasteiger partial charge in [-0.25, -0.2) is 0 Å². The van der Waals surface area contributed by atoms with Gasteiger partial charge in [0.1, 0.15) is 0 Å². The van der Waals surface area contributed by atoms with Crippen molar-refractivity contribution in [3.63, 3.8) is 0 Å². The number of nitrogens with zero attached hydrogens (tertiary/aromatic N) is 1. The molecule has 2 heteroatoms. The van der Waals surface area contributed by atoms with Gasteiger partial charge in [0.15, 0.2) is 5.78 Å². The lowest BCUT2D eigenvalue weighted by Crippen LogP contribution is -2.53. The molecule has 110 valence electrons. The number of Topliss-reactive ketones (excluding diaryl/α,β-unsaturated/α-hetero) is 1. The zero-order valence-electron chi connectivity index (χ0n) is 13.1. The highest BCUT2D eigenvalue weighted by atomic mass is 16.1. The molecule has 19 heavy (non-hydrogen) atoms. The third-order valence-corrected chi connectivity index (χ3v) is 5.55. The summed E-state index contributed by atoms with van der Waals surface area (Å²) in [4.78, 5) is 15.4. The van der Waals surface area contributed by atoms with Crippen molar-refractivity contribution in [3.05, 3.63) is 0 Å². The average Bonchev–Trinajstić information content (AvgIpc) is 2.64. The van der Waals surface area contributed by atoms with E-state index in [-0.39, 0.29) is 5.54 Å². The van der Waals surface area contributed by atoms with Crippen molar-refractivity contribution in [2.45, 2.75) is 76.7 Å². The number of hydrogen-bond donors (Lipinski definition) is 0. The highest BCUT2D eigenvalue weighted by molar-refractivity contribution is 5.90. The Balaban J connectivity index is 2.15. The van der Waals surface area contributed by atoms with Crippen molar-refractivity contribution in [3.8, 4) is 0 Å².